The van der Waals surface area contributed by atoms with E-state index in [1.54, 1.807) is 0 Å². The average Bonchev–Trinajstić information content (AvgIpc) is 2.24. The van der Waals surface area contributed by atoms with Gasteiger partial charge in [0, 0.05) is 12.5 Å². The summed E-state index contributed by atoms with van der Waals surface area (Å²) in [6.07, 6.45) is 7.04. The molecule has 16 heavy (non-hydrogen) atoms. The molecule has 0 aromatic rings. The van der Waals surface area contributed by atoms with Crippen LogP contribution in [0.5, 0.6) is 0 Å². The number of unbranched alkanes of at least 4 members (excludes halogenated alkanes) is 1. The van der Waals surface area contributed by atoms with Crippen molar-refractivity contribution in [2.75, 3.05) is 13.6 Å². The van der Waals surface area contributed by atoms with Gasteiger partial charge in [-0.15, -0.1) is 0 Å². The van der Waals surface area contributed by atoms with E-state index in [2.05, 4.69) is 11.9 Å². The van der Waals surface area contributed by atoms with Crippen molar-refractivity contribution in [2.24, 2.45) is 5.73 Å². The lowest BCUT2D eigenvalue weighted by molar-refractivity contribution is 0.0317. The average molecular weight is 227 g/mol. The van der Waals surface area contributed by atoms with Gasteiger partial charge in [-0.25, -0.2) is 0 Å². The molecular formula is C12H25N3O. The Hall–Kier alpha value is -0.610. The van der Waals surface area contributed by atoms with E-state index in [-0.39, 0.29) is 11.9 Å². The molecule has 4 N–H and O–H groups in total. The van der Waals surface area contributed by atoms with Gasteiger partial charge in [0.25, 0.3) is 0 Å². The zero-order chi connectivity index (χ0) is 12.0. The van der Waals surface area contributed by atoms with Gasteiger partial charge in [0.05, 0.1) is 11.9 Å². The number of amidine groups is 1. The predicted molar refractivity (Wildman–Crippen MR) is 66.7 cm³/mol. The van der Waals surface area contributed by atoms with E-state index < -0.39 is 0 Å². The molecule has 94 valence electrons. The van der Waals surface area contributed by atoms with Crippen LogP contribution in [0.2, 0.25) is 0 Å². The van der Waals surface area contributed by atoms with Crippen molar-refractivity contribution in [3.63, 3.8) is 0 Å². The number of aliphatic hydroxyl groups is 1. The van der Waals surface area contributed by atoms with E-state index in [0.717, 1.165) is 38.6 Å². The number of likely N-dealkylation sites (N-methyl/N-ethyl adjacent to an activating group) is 1. The molecule has 0 amide bonds. The number of nitrogens with one attached hydrogen (secondary N) is 1. The molecule has 1 saturated carbocycles. The molecule has 1 aliphatic rings. The van der Waals surface area contributed by atoms with E-state index in [1.807, 2.05) is 0 Å². The molecule has 1 aliphatic carbocycles. The second kappa shape index (κ2) is 6.86. The predicted octanol–water partition coefficient (Wildman–Crippen LogP) is 1.33. The lowest BCUT2D eigenvalue weighted by atomic mass is 9.91. The normalized spacial score (nSPS) is 25.9. The molecule has 0 saturated heterocycles. The Morgan fingerprint density at radius 1 is 1.38 bits per heavy atom. The van der Waals surface area contributed by atoms with Crippen molar-refractivity contribution < 1.29 is 5.11 Å². The molecule has 0 spiro atoms. The molecule has 0 radical (unpaired) electrons. The molecular weight excluding hydrogens is 202 g/mol. The molecule has 1 rings (SSSR count). The van der Waals surface area contributed by atoms with Crippen LogP contribution < -0.4 is 5.73 Å². The largest absolute Gasteiger partial charge is 0.391 e. The SMILES string of the molecule is CN(CCCCC(=N)N)C1CCCCC1O. The molecule has 2 unspecified atom stereocenters. The number of hydrogen-bond donors (Lipinski definition) is 3. The second-order valence-corrected chi connectivity index (χ2v) is 4.88. The number of aliphatic hydroxyl groups excluding tert-OH is 1. The van der Waals surface area contributed by atoms with Gasteiger partial charge in [0.2, 0.25) is 0 Å². The highest BCUT2D eigenvalue weighted by Gasteiger charge is 2.25. The summed E-state index contributed by atoms with van der Waals surface area (Å²) in [5, 5.41) is 17.0. The fraction of sp³-hybridized carbons (Fsp3) is 0.917. The van der Waals surface area contributed by atoms with Gasteiger partial charge in [-0.2, -0.15) is 0 Å². The summed E-state index contributed by atoms with van der Waals surface area (Å²) < 4.78 is 0. The van der Waals surface area contributed by atoms with Crippen molar-refractivity contribution in [3.05, 3.63) is 0 Å². The van der Waals surface area contributed by atoms with Crippen LogP contribution in [-0.4, -0.2) is 41.6 Å². The second-order valence-electron chi connectivity index (χ2n) is 4.88. The Kier molecular flexibility index (Phi) is 5.77. The number of rotatable bonds is 6. The van der Waals surface area contributed by atoms with Gasteiger partial charge in [-0.1, -0.05) is 12.8 Å². The topological polar surface area (TPSA) is 73.3 Å². The minimum Gasteiger partial charge on any atom is -0.391 e. The maximum atomic E-state index is 9.89. The first-order chi connectivity index (χ1) is 7.61. The lowest BCUT2D eigenvalue weighted by Crippen LogP contribution is -2.43. The summed E-state index contributed by atoms with van der Waals surface area (Å²) in [5.74, 6) is 0.278. The van der Waals surface area contributed by atoms with Crippen molar-refractivity contribution in [3.8, 4) is 0 Å². The van der Waals surface area contributed by atoms with Crippen LogP contribution in [0.15, 0.2) is 0 Å². The molecule has 4 nitrogen and oxygen atoms in total. The fourth-order valence-electron chi connectivity index (χ4n) is 2.45. The van der Waals surface area contributed by atoms with Gasteiger partial charge in [-0.3, -0.25) is 5.41 Å². The third-order valence-corrected chi connectivity index (χ3v) is 3.47. The van der Waals surface area contributed by atoms with Crippen molar-refractivity contribution in [1.82, 2.24) is 4.90 Å². The Morgan fingerprint density at radius 3 is 2.69 bits per heavy atom. The van der Waals surface area contributed by atoms with Crippen LogP contribution in [-0.2, 0) is 0 Å². The van der Waals surface area contributed by atoms with Crippen molar-refractivity contribution in [2.45, 2.75) is 57.1 Å². The number of nitrogens with two attached hydrogens (primary N) is 1. The summed E-state index contributed by atoms with van der Waals surface area (Å²) in [7, 11) is 2.09. The van der Waals surface area contributed by atoms with E-state index in [1.165, 1.54) is 6.42 Å². The molecule has 0 aromatic heterocycles. The highest BCUT2D eigenvalue weighted by molar-refractivity contribution is 5.76. The first-order valence-electron chi connectivity index (χ1n) is 6.32. The third-order valence-electron chi connectivity index (χ3n) is 3.47. The van der Waals surface area contributed by atoms with Crippen LogP contribution in [0.3, 0.4) is 0 Å². The number of nitrogens with zero attached hydrogens (tertiary/aromatic N) is 1. The van der Waals surface area contributed by atoms with Gasteiger partial charge < -0.3 is 15.7 Å². The highest BCUT2D eigenvalue weighted by atomic mass is 16.3. The maximum Gasteiger partial charge on any atom is 0.0905 e. The maximum absolute atomic E-state index is 9.89. The smallest absolute Gasteiger partial charge is 0.0905 e. The quantitative estimate of drug-likeness (QED) is 0.364. The number of hydrogen-bond acceptors (Lipinski definition) is 3. The van der Waals surface area contributed by atoms with Crippen LogP contribution >= 0.6 is 0 Å². The molecule has 1 fully saturated rings. The summed E-state index contributed by atoms with van der Waals surface area (Å²) in [6, 6.07) is 0.339. The van der Waals surface area contributed by atoms with Crippen molar-refractivity contribution in [1.29, 1.82) is 5.41 Å². The Labute approximate surface area is 98.3 Å². The standard InChI is InChI=1S/C12H25N3O/c1-15(9-5-4-8-12(13)14)10-6-2-3-7-11(10)16/h10-11,16H,2-9H2,1H3,(H3,13,14). The van der Waals surface area contributed by atoms with Crippen LogP contribution in [0.25, 0.3) is 0 Å². The Bertz CT molecular complexity index is 220. The Morgan fingerprint density at radius 2 is 2.06 bits per heavy atom. The van der Waals surface area contributed by atoms with E-state index in [4.69, 9.17) is 11.1 Å². The summed E-state index contributed by atoms with van der Waals surface area (Å²) in [6.45, 7) is 0.995. The van der Waals surface area contributed by atoms with Crippen molar-refractivity contribution >= 4 is 5.84 Å². The van der Waals surface area contributed by atoms with Gasteiger partial charge in [-0.05, 0) is 39.3 Å². The molecule has 0 aliphatic heterocycles. The van der Waals surface area contributed by atoms with Crippen LogP contribution in [0.4, 0.5) is 0 Å². The van der Waals surface area contributed by atoms with E-state index >= 15 is 0 Å². The van der Waals surface area contributed by atoms with Gasteiger partial charge >= 0.3 is 0 Å². The first kappa shape index (κ1) is 13.5. The molecule has 2 atom stereocenters. The lowest BCUT2D eigenvalue weighted by Gasteiger charge is -2.35. The summed E-state index contributed by atoms with van der Waals surface area (Å²) in [5.41, 5.74) is 5.30. The molecule has 0 heterocycles. The monoisotopic (exact) mass is 227 g/mol. The van der Waals surface area contributed by atoms with Crippen LogP contribution in [0.1, 0.15) is 44.9 Å². The summed E-state index contributed by atoms with van der Waals surface area (Å²) >= 11 is 0. The first-order valence-corrected chi connectivity index (χ1v) is 6.32. The zero-order valence-electron chi connectivity index (χ0n) is 10.3. The zero-order valence-corrected chi connectivity index (χ0v) is 10.3. The summed E-state index contributed by atoms with van der Waals surface area (Å²) in [4.78, 5) is 2.27. The van der Waals surface area contributed by atoms with Gasteiger partial charge in [0.1, 0.15) is 0 Å². The fourth-order valence-corrected chi connectivity index (χ4v) is 2.45. The minimum absolute atomic E-state index is 0.147. The van der Waals surface area contributed by atoms with Crippen LogP contribution in [0, 0.1) is 5.41 Å². The minimum atomic E-state index is -0.147. The van der Waals surface area contributed by atoms with E-state index in [0.29, 0.717) is 12.5 Å². The Balaban J connectivity index is 2.17. The van der Waals surface area contributed by atoms with Gasteiger partial charge in [0.15, 0.2) is 0 Å². The van der Waals surface area contributed by atoms with E-state index in [9.17, 15) is 5.11 Å². The molecule has 4 heteroatoms. The molecule has 0 bridgehead atoms. The molecule has 0 aromatic carbocycles. The highest BCUT2D eigenvalue weighted by Crippen LogP contribution is 2.22. The third kappa shape index (κ3) is 4.49.